The Hall–Kier alpha value is -2.18. The summed E-state index contributed by atoms with van der Waals surface area (Å²) in [6.07, 6.45) is -0.403. The van der Waals surface area contributed by atoms with Crippen LogP contribution in [0.4, 0.5) is 0 Å². The Bertz CT molecular complexity index is 895. The minimum absolute atomic E-state index is 0.00546. The van der Waals surface area contributed by atoms with Gasteiger partial charge in [0, 0.05) is 12.1 Å². The van der Waals surface area contributed by atoms with Gasteiger partial charge in [-0.2, -0.15) is 0 Å². The SMILES string of the molecule is O=C(c1cccc(-c2ccccc2)c1)N1CCOC2CS(=O)(=O)CC21. The predicted octanol–water partition coefficient (Wildman–Crippen LogP) is 1.99. The summed E-state index contributed by atoms with van der Waals surface area (Å²) in [4.78, 5) is 14.7. The van der Waals surface area contributed by atoms with Crippen molar-refractivity contribution < 1.29 is 17.9 Å². The summed E-state index contributed by atoms with van der Waals surface area (Å²) in [6, 6.07) is 17.0. The Morgan fingerprint density at radius 1 is 1.00 bits per heavy atom. The second-order valence-corrected chi connectivity index (χ2v) is 8.65. The van der Waals surface area contributed by atoms with Crippen LogP contribution in [0, 0.1) is 0 Å². The van der Waals surface area contributed by atoms with Gasteiger partial charge in [0.2, 0.25) is 0 Å². The Morgan fingerprint density at radius 3 is 2.56 bits per heavy atom. The maximum absolute atomic E-state index is 13.0. The summed E-state index contributed by atoms with van der Waals surface area (Å²) in [5.41, 5.74) is 2.59. The molecule has 25 heavy (non-hydrogen) atoms. The van der Waals surface area contributed by atoms with Gasteiger partial charge in [-0.05, 0) is 23.3 Å². The van der Waals surface area contributed by atoms with Gasteiger partial charge in [0.25, 0.3) is 5.91 Å². The maximum Gasteiger partial charge on any atom is 0.254 e. The molecule has 2 aliphatic rings. The highest BCUT2D eigenvalue weighted by atomic mass is 32.2. The van der Waals surface area contributed by atoms with Gasteiger partial charge < -0.3 is 9.64 Å². The number of carbonyl (C=O) groups excluding carboxylic acids is 1. The molecule has 2 aromatic rings. The van der Waals surface area contributed by atoms with Gasteiger partial charge in [0.05, 0.1) is 30.3 Å². The number of ether oxygens (including phenoxy) is 1. The van der Waals surface area contributed by atoms with Gasteiger partial charge in [-0.3, -0.25) is 4.79 Å². The van der Waals surface area contributed by atoms with Crippen LogP contribution >= 0.6 is 0 Å². The van der Waals surface area contributed by atoms with Gasteiger partial charge in [-0.1, -0.05) is 42.5 Å². The molecule has 2 heterocycles. The first kappa shape index (κ1) is 16.3. The lowest BCUT2D eigenvalue weighted by Crippen LogP contribution is -2.53. The molecule has 6 heteroatoms. The molecule has 130 valence electrons. The largest absolute Gasteiger partial charge is 0.373 e. The quantitative estimate of drug-likeness (QED) is 0.825. The molecule has 0 saturated carbocycles. The zero-order valence-corrected chi connectivity index (χ0v) is 14.5. The Kier molecular flexibility index (Phi) is 4.09. The van der Waals surface area contributed by atoms with Crippen molar-refractivity contribution in [1.82, 2.24) is 4.90 Å². The van der Waals surface area contributed by atoms with E-state index in [1.165, 1.54) is 0 Å². The van der Waals surface area contributed by atoms with Crippen molar-refractivity contribution in [2.24, 2.45) is 0 Å². The van der Waals surface area contributed by atoms with Gasteiger partial charge in [-0.15, -0.1) is 0 Å². The lowest BCUT2D eigenvalue weighted by Gasteiger charge is -2.36. The van der Waals surface area contributed by atoms with Gasteiger partial charge >= 0.3 is 0 Å². The third kappa shape index (κ3) is 3.19. The van der Waals surface area contributed by atoms with E-state index in [0.29, 0.717) is 18.7 Å². The smallest absolute Gasteiger partial charge is 0.254 e. The van der Waals surface area contributed by atoms with Crippen LogP contribution in [-0.2, 0) is 14.6 Å². The van der Waals surface area contributed by atoms with Crippen molar-refractivity contribution in [2.75, 3.05) is 24.7 Å². The lowest BCUT2D eigenvalue weighted by molar-refractivity contribution is -0.0361. The van der Waals surface area contributed by atoms with Crippen LogP contribution < -0.4 is 0 Å². The highest BCUT2D eigenvalue weighted by Crippen LogP contribution is 2.27. The molecule has 2 fully saturated rings. The van der Waals surface area contributed by atoms with E-state index in [9.17, 15) is 13.2 Å². The third-order valence-electron chi connectivity index (χ3n) is 4.81. The van der Waals surface area contributed by atoms with Crippen molar-refractivity contribution in [2.45, 2.75) is 12.1 Å². The van der Waals surface area contributed by atoms with E-state index in [2.05, 4.69) is 0 Å². The molecule has 2 aromatic carbocycles. The van der Waals surface area contributed by atoms with Crippen LogP contribution in [0.25, 0.3) is 11.1 Å². The summed E-state index contributed by atoms with van der Waals surface area (Å²) in [5, 5.41) is 0. The highest BCUT2D eigenvalue weighted by Gasteiger charge is 2.45. The number of nitrogens with zero attached hydrogens (tertiary/aromatic N) is 1. The molecule has 4 rings (SSSR count). The average Bonchev–Trinajstić information content (AvgIpc) is 2.95. The molecule has 0 spiro atoms. The molecule has 0 bridgehead atoms. The summed E-state index contributed by atoms with van der Waals surface area (Å²) >= 11 is 0. The van der Waals surface area contributed by atoms with E-state index in [1.54, 1.807) is 11.0 Å². The molecule has 5 nitrogen and oxygen atoms in total. The van der Waals surface area contributed by atoms with Crippen molar-refractivity contribution in [3.8, 4) is 11.1 Å². The van der Waals surface area contributed by atoms with Gasteiger partial charge in [0.1, 0.15) is 0 Å². The number of morpholine rings is 1. The van der Waals surface area contributed by atoms with Crippen molar-refractivity contribution >= 4 is 15.7 Å². The molecular weight excluding hydrogens is 338 g/mol. The number of amides is 1. The number of sulfone groups is 1. The predicted molar refractivity (Wildman–Crippen MR) is 95.1 cm³/mol. The van der Waals surface area contributed by atoms with Crippen molar-refractivity contribution in [1.29, 1.82) is 0 Å². The molecule has 2 saturated heterocycles. The van der Waals surface area contributed by atoms with Crippen LogP contribution in [0.5, 0.6) is 0 Å². The molecular formula is C19H19NO4S. The first-order valence-electron chi connectivity index (χ1n) is 8.32. The van der Waals surface area contributed by atoms with E-state index in [4.69, 9.17) is 4.74 Å². The zero-order chi connectivity index (χ0) is 17.4. The first-order chi connectivity index (χ1) is 12.0. The molecule has 0 aromatic heterocycles. The van der Waals surface area contributed by atoms with Crippen molar-refractivity contribution in [3.63, 3.8) is 0 Å². The Labute approximate surface area is 147 Å². The fourth-order valence-corrected chi connectivity index (χ4v) is 5.47. The van der Waals surface area contributed by atoms with E-state index < -0.39 is 15.9 Å². The fraction of sp³-hybridized carbons (Fsp3) is 0.316. The summed E-state index contributed by atoms with van der Waals surface area (Å²) in [6.45, 7) is 0.798. The third-order valence-corrected chi connectivity index (χ3v) is 6.50. The number of fused-ring (bicyclic) bond motifs is 1. The Morgan fingerprint density at radius 2 is 1.76 bits per heavy atom. The molecule has 2 atom stereocenters. The van der Waals surface area contributed by atoms with Gasteiger partial charge in [0.15, 0.2) is 9.84 Å². The van der Waals surface area contributed by atoms with E-state index >= 15 is 0 Å². The second kappa shape index (κ2) is 6.28. The number of benzene rings is 2. The number of hydrogen-bond donors (Lipinski definition) is 0. The zero-order valence-electron chi connectivity index (χ0n) is 13.7. The summed E-state index contributed by atoms with van der Waals surface area (Å²) < 4.78 is 29.4. The van der Waals surface area contributed by atoms with Crippen LogP contribution in [0.3, 0.4) is 0 Å². The van der Waals surface area contributed by atoms with E-state index in [-0.39, 0.29) is 23.5 Å². The Balaban J connectivity index is 1.63. The summed E-state index contributed by atoms with van der Waals surface area (Å²) in [7, 11) is -3.15. The first-order valence-corrected chi connectivity index (χ1v) is 10.1. The monoisotopic (exact) mass is 357 g/mol. The normalized spacial score (nSPS) is 24.7. The molecule has 0 aliphatic carbocycles. The minimum atomic E-state index is -3.15. The number of rotatable bonds is 2. The molecule has 1 amide bonds. The molecule has 0 N–H and O–H groups in total. The van der Waals surface area contributed by atoms with Crippen molar-refractivity contribution in [3.05, 3.63) is 60.2 Å². The molecule has 0 radical (unpaired) electrons. The van der Waals surface area contributed by atoms with Crippen LogP contribution in [0.1, 0.15) is 10.4 Å². The van der Waals surface area contributed by atoms with Gasteiger partial charge in [-0.25, -0.2) is 8.42 Å². The molecule has 2 unspecified atom stereocenters. The maximum atomic E-state index is 13.0. The average molecular weight is 357 g/mol. The van der Waals surface area contributed by atoms with Crippen LogP contribution in [-0.4, -0.2) is 56.0 Å². The number of hydrogen-bond acceptors (Lipinski definition) is 4. The van der Waals surface area contributed by atoms with E-state index in [1.807, 2.05) is 48.5 Å². The summed E-state index contributed by atoms with van der Waals surface area (Å²) in [5.74, 6) is -0.138. The van der Waals surface area contributed by atoms with Crippen LogP contribution in [0.2, 0.25) is 0 Å². The minimum Gasteiger partial charge on any atom is -0.373 e. The number of carbonyl (C=O) groups is 1. The standard InChI is InChI=1S/C19H19NO4S/c21-19(20-9-10-24-18-13-25(22,23)12-17(18)20)16-8-4-7-15(11-16)14-5-2-1-3-6-14/h1-8,11,17-18H,9-10,12-13H2. The lowest BCUT2D eigenvalue weighted by atomic mass is 10.0. The topological polar surface area (TPSA) is 63.7 Å². The van der Waals surface area contributed by atoms with Crippen LogP contribution in [0.15, 0.2) is 54.6 Å². The fourth-order valence-electron chi connectivity index (χ4n) is 3.60. The van der Waals surface area contributed by atoms with E-state index in [0.717, 1.165) is 11.1 Å². The highest BCUT2D eigenvalue weighted by molar-refractivity contribution is 7.91. The molecule has 2 aliphatic heterocycles. The second-order valence-electron chi connectivity index (χ2n) is 6.50.